The number of sulfonamides is 1. The van der Waals surface area contributed by atoms with E-state index in [0.717, 1.165) is 26.0 Å². The summed E-state index contributed by atoms with van der Waals surface area (Å²) in [5, 5.41) is 5.06. The zero-order valence-corrected chi connectivity index (χ0v) is 22.0. The number of benzene rings is 3. The smallest absolute Gasteiger partial charge is 0.244 e. The maximum atomic E-state index is 13.2. The van der Waals surface area contributed by atoms with Crippen molar-refractivity contribution in [3.05, 3.63) is 98.9 Å². The average molecular weight is 604 g/mol. The molecule has 0 spiro atoms. The van der Waals surface area contributed by atoms with Crippen molar-refractivity contribution < 1.29 is 13.2 Å². The van der Waals surface area contributed by atoms with Gasteiger partial charge >= 0.3 is 0 Å². The minimum Gasteiger partial charge on any atom is -0.301 e. The van der Waals surface area contributed by atoms with Gasteiger partial charge in [-0.1, -0.05) is 60.2 Å². The number of halogens is 1. The van der Waals surface area contributed by atoms with Gasteiger partial charge in [-0.15, -0.1) is 11.3 Å². The van der Waals surface area contributed by atoms with Gasteiger partial charge in [-0.05, 0) is 65.8 Å². The summed E-state index contributed by atoms with van der Waals surface area (Å²) in [6.45, 7) is 2.01. The van der Waals surface area contributed by atoms with Crippen LogP contribution in [0.1, 0.15) is 11.1 Å². The van der Waals surface area contributed by atoms with Crippen LogP contribution >= 0.6 is 33.9 Å². The number of carbonyl (C=O) groups is 1. The van der Waals surface area contributed by atoms with Crippen LogP contribution < -0.4 is 10.0 Å². The first-order chi connectivity index (χ1) is 16.3. The molecule has 6 nitrogen and oxygen atoms in total. The Bertz CT molecular complexity index is 1370. The van der Waals surface area contributed by atoms with Crippen LogP contribution in [-0.2, 0) is 21.2 Å². The van der Waals surface area contributed by atoms with Gasteiger partial charge in [0.05, 0.1) is 10.6 Å². The van der Waals surface area contributed by atoms with E-state index in [2.05, 4.69) is 37.6 Å². The van der Waals surface area contributed by atoms with Gasteiger partial charge in [-0.25, -0.2) is 13.4 Å². The fourth-order valence-corrected chi connectivity index (χ4v) is 5.56. The number of rotatable bonds is 8. The number of thiazole rings is 1. The van der Waals surface area contributed by atoms with Crippen LogP contribution in [0.15, 0.2) is 89.1 Å². The van der Waals surface area contributed by atoms with Crippen LogP contribution in [0, 0.1) is 10.5 Å². The van der Waals surface area contributed by atoms with Crippen LogP contribution in [0.4, 0.5) is 5.13 Å². The molecule has 0 radical (unpaired) electrons. The zero-order chi connectivity index (χ0) is 24.1. The van der Waals surface area contributed by atoms with E-state index in [1.54, 1.807) is 12.1 Å². The molecular formula is C25H22IN3O3S2. The number of amides is 1. The first-order valence-electron chi connectivity index (χ1n) is 10.5. The van der Waals surface area contributed by atoms with E-state index in [-0.39, 0.29) is 11.3 Å². The van der Waals surface area contributed by atoms with Crippen molar-refractivity contribution in [2.75, 3.05) is 5.32 Å². The van der Waals surface area contributed by atoms with Gasteiger partial charge in [-0.2, -0.15) is 4.72 Å². The average Bonchev–Trinajstić information content (AvgIpc) is 3.28. The molecule has 0 saturated carbocycles. The number of carbonyl (C=O) groups excluding carboxylic acids is 1. The Morgan fingerprint density at radius 3 is 2.35 bits per heavy atom. The van der Waals surface area contributed by atoms with Crippen molar-refractivity contribution >= 4 is 55.0 Å². The van der Waals surface area contributed by atoms with Crippen molar-refractivity contribution in [3.63, 3.8) is 0 Å². The predicted molar refractivity (Wildman–Crippen MR) is 144 cm³/mol. The fraction of sp³-hybridized carbons (Fsp3) is 0.120. The van der Waals surface area contributed by atoms with Gasteiger partial charge < -0.3 is 5.32 Å². The Balaban J connectivity index is 1.55. The molecular weight excluding hydrogens is 581 g/mol. The molecule has 0 saturated heterocycles. The standard InChI is InChI=1S/C25H22IN3O3S2/c1-17-7-9-19(10-8-17)23-16-33-25(27-23)28-24(30)22(15-18-5-3-2-4-6-18)29-34(31,32)21-13-11-20(26)12-14-21/h2-14,16,22,29H,15H2,1H3,(H,27,28,30)/t22-/m0/s1. The molecule has 0 bridgehead atoms. The Kier molecular flexibility index (Phi) is 7.77. The van der Waals surface area contributed by atoms with Gasteiger partial charge in [-0.3, -0.25) is 4.79 Å². The number of aryl methyl sites for hydroxylation is 1. The Labute approximate surface area is 216 Å². The molecule has 174 valence electrons. The van der Waals surface area contributed by atoms with Gasteiger partial charge in [0.25, 0.3) is 0 Å². The largest absolute Gasteiger partial charge is 0.301 e. The van der Waals surface area contributed by atoms with Gasteiger partial charge in [0, 0.05) is 14.5 Å². The molecule has 1 heterocycles. The van der Waals surface area contributed by atoms with Crippen LogP contribution in [-0.4, -0.2) is 25.4 Å². The minimum absolute atomic E-state index is 0.106. The topological polar surface area (TPSA) is 88.2 Å². The SMILES string of the molecule is Cc1ccc(-c2csc(NC(=O)[C@H](Cc3ccccc3)NS(=O)(=O)c3ccc(I)cc3)n2)cc1. The highest BCUT2D eigenvalue weighted by atomic mass is 127. The first-order valence-corrected chi connectivity index (χ1v) is 13.9. The second kappa shape index (κ2) is 10.8. The fourth-order valence-electron chi connectivity index (χ4n) is 3.29. The highest BCUT2D eigenvalue weighted by molar-refractivity contribution is 14.1. The van der Waals surface area contributed by atoms with Gasteiger partial charge in [0.2, 0.25) is 15.9 Å². The van der Waals surface area contributed by atoms with Gasteiger partial charge in [0.15, 0.2) is 5.13 Å². The summed E-state index contributed by atoms with van der Waals surface area (Å²) < 4.78 is 29.5. The Morgan fingerprint density at radius 2 is 1.68 bits per heavy atom. The molecule has 1 aromatic heterocycles. The molecule has 9 heteroatoms. The molecule has 0 aliphatic rings. The summed E-state index contributed by atoms with van der Waals surface area (Å²) in [6.07, 6.45) is 0.201. The lowest BCUT2D eigenvalue weighted by Gasteiger charge is -2.18. The van der Waals surface area contributed by atoms with E-state index in [9.17, 15) is 13.2 Å². The maximum absolute atomic E-state index is 13.2. The third-order valence-corrected chi connectivity index (χ3v) is 8.07. The monoisotopic (exact) mass is 603 g/mol. The van der Waals surface area contributed by atoms with E-state index in [0.29, 0.717) is 5.13 Å². The molecule has 2 N–H and O–H groups in total. The normalized spacial score (nSPS) is 12.3. The first kappa shape index (κ1) is 24.5. The van der Waals surface area contributed by atoms with Crippen LogP contribution in [0.2, 0.25) is 0 Å². The summed E-state index contributed by atoms with van der Waals surface area (Å²) >= 11 is 3.41. The molecule has 0 aliphatic carbocycles. The van der Waals surface area contributed by atoms with Crippen molar-refractivity contribution in [1.29, 1.82) is 0 Å². The molecule has 4 rings (SSSR count). The van der Waals surface area contributed by atoms with Crippen LogP contribution in [0.25, 0.3) is 11.3 Å². The summed E-state index contributed by atoms with van der Waals surface area (Å²) in [6, 6.07) is 22.7. The lowest BCUT2D eigenvalue weighted by atomic mass is 10.1. The third kappa shape index (κ3) is 6.29. The van der Waals surface area contributed by atoms with Gasteiger partial charge in [0.1, 0.15) is 6.04 Å². The molecule has 0 unspecified atom stereocenters. The quantitative estimate of drug-likeness (QED) is 0.270. The lowest BCUT2D eigenvalue weighted by molar-refractivity contribution is -0.117. The zero-order valence-electron chi connectivity index (χ0n) is 18.2. The number of hydrogen-bond donors (Lipinski definition) is 2. The Hall–Kier alpha value is -2.60. The van der Waals surface area contributed by atoms with E-state index >= 15 is 0 Å². The number of aromatic nitrogens is 1. The van der Waals surface area contributed by atoms with E-state index in [1.807, 2.05) is 66.9 Å². The third-order valence-electron chi connectivity index (χ3n) is 5.10. The highest BCUT2D eigenvalue weighted by Crippen LogP contribution is 2.25. The highest BCUT2D eigenvalue weighted by Gasteiger charge is 2.27. The minimum atomic E-state index is -3.91. The second-order valence-electron chi connectivity index (χ2n) is 7.71. The molecule has 34 heavy (non-hydrogen) atoms. The van der Waals surface area contributed by atoms with Crippen molar-refractivity contribution in [3.8, 4) is 11.3 Å². The second-order valence-corrected chi connectivity index (χ2v) is 11.5. The Morgan fingerprint density at radius 1 is 1.00 bits per heavy atom. The van der Waals surface area contributed by atoms with Crippen molar-refractivity contribution in [1.82, 2.24) is 9.71 Å². The van der Waals surface area contributed by atoms with Crippen LogP contribution in [0.5, 0.6) is 0 Å². The summed E-state index contributed by atoms with van der Waals surface area (Å²) in [5.41, 5.74) is 3.69. The molecule has 1 amide bonds. The molecule has 1 atom stereocenters. The molecule has 0 aliphatic heterocycles. The number of hydrogen-bond acceptors (Lipinski definition) is 5. The number of nitrogens with zero attached hydrogens (tertiary/aromatic N) is 1. The number of anilines is 1. The van der Waals surface area contributed by atoms with E-state index in [1.165, 1.54) is 23.5 Å². The van der Waals surface area contributed by atoms with E-state index < -0.39 is 22.0 Å². The maximum Gasteiger partial charge on any atom is 0.244 e. The number of nitrogens with one attached hydrogen (secondary N) is 2. The summed E-state index contributed by atoms with van der Waals surface area (Å²) in [7, 11) is -3.91. The summed E-state index contributed by atoms with van der Waals surface area (Å²) in [4.78, 5) is 17.8. The van der Waals surface area contributed by atoms with E-state index in [4.69, 9.17) is 0 Å². The molecule has 3 aromatic carbocycles. The van der Waals surface area contributed by atoms with Crippen molar-refractivity contribution in [2.24, 2.45) is 0 Å². The van der Waals surface area contributed by atoms with Crippen LogP contribution in [0.3, 0.4) is 0 Å². The lowest BCUT2D eigenvalue weighted by Crippen LogP contribution is -2.45. The van der Waals surface area contributed by atoms with Crippen molar-refractivity contribution in [2.45, 2.75) is 24.3 Å². The molecule has 0 fully saturated rings. The summed E-state index contributed by atoms with van der Waals surface area (Å²) in [5.74, 6) is -0.470. The molecule has 4 aromatic rings. The predicted octanol–water partition coefficient (Wildman–Crippen LogP) is 5.25.